The van der Waals surface area contributed by atoms with E-state index in [1.54, 1.807) is 0 Å². The van der Waals surface area contributed by atoms with Crippen molar-refractivity contribution in [1.29, 1.82) is 0 Å². The monoisotopic (exact) mass is 271 g/mol. The summed E-state index contributed by atoms with van der Waals surface area (Å²) in [6.45, 7) is 1.32. The highest BCUT2D eigenvalue weighted by Crippen LogP contribution is 2.12. The summed E-state index contributed by atoms with van der Waals surface area (Å²) in [5, 5.41) is 0. The third-order valence-electron chi connectivity index (χ3n) is 2.36. The molecule has 0 radical (unpaired) electrons. The molecule has 1 aromatic carbocycles. The molecule has 0 bridgehead atoms. The van der Waals surface area contributed by atoms with Crippen LogP contribution in [0.25, 0.3) is 11.4 Å². The maximum absolute atomic E-state index is 11.7. The maximum atomic E-state index is 11.7. The first kappa shape index (κ1) is 13.6. The molecule has 20 heavy (non-hydrogen) atoms. The van der Waals surface area contributed by atoms with Crippen molar-refractivity contribution in [2.45, 2.75) is 6.92 Å². The van der Waals surface area contributed by atoms with Crippen molar-refractivity contribution in [2.24, 2.45) is 0 Å². The minimum atomic E-state index is -0.446. The lowest BCUT2D eigenvalue weighted by atomic mass is 10.2. The van der Waals surface area contributed by atoms with Crippen LogP contribution in [-0.4, -0.2) is 21.8 Å². The zero-order chi connectivity index (χ0) is 14.4. The molecular weight excluding hydrogens is 258 g/mol. The highest BCUT2D eigenvalue weighted by molar-refractivity contribution is 5.93. The van der Waals surface area contributed by atoms with Gasteiger partial charge < -0.3 is 0 Å². The summed E-state index contributed by atoms with van der Waals surface area (Å²) in [5.74, 6) is -0.226. The molecule has 102 valence electrons. The molecule has 7 nitrogen and oxygen atoms in total. The number of amides is 2. The molecular formula is C13H13N5O2. The zero-order valence-electron chi connectivity index (χ0n) is 10.8. The van der Waals surface area contributed by atoms with Crippen molar-refractivity contribution in [3.8, 4) is 11.4 Å². The van der Waals surface area contributed by atoms with E-state index < -0.39 is 5.91 Å². The summed E-state index contributed by atoms with van der Waals surface area (Å²) in [4.78, 5) is 30.5. The molecule has 1 heterocycles. The second kappa shape index (κ2) is 6.39. The summed E-state index contributed by atoms with van der Waals surface area (Å²) >= 11 is 0. The Morgan fingerprint density at radius 1 is 1.00 bits per heavy atom. The van der Waals surface area contributed by atoms with Crippen molar-refractivity contribution in [3.63, 3.8) is 0 Å². The normalized spacial score (nSPS) is 9.85. The summed E-state index contributed by atoms with van der Waals surface area (Å²) in [6, 6.07) is 9.44. The lowest BCUT2D eigenvalue weighted by molar-refractivity contribution is -0.120. The number of hydrogen-bond donors (Lipinski definition) is 3. The first-order valence-electron chi connectivity index (χ1n) is 5.86. The molecule has 2 aromatic rings. The summed E-state index contributed by atoms with van der Waals surface area (Å²) < 4.78 is 0. The van der Waals surface area contributed by atoms with E-state index in [0.717, 1.165) is 5.56 Å². The van der Waals surface area contributed by atoms with Crippen molar-refractivity contribution >= 4 is 11.8 Å². The van der Waals surface area contributed by atoms with Gasteiger partial charge in [-0.2, -0.15) is 0 Å². The molecule has 0 fully saturated rings. The van der Waals surface area contributed by atoms with E-state index in [-0.39, 0.29) is 11.5 Å². The van der Waals surface area contributed by atoms with E-state index >= 15 is 0 Å². The Hall–Kier alpha value is -2.80. The number of nitrogens with zero attached hydrogens (tertiary/aromatic N) is 2. The molecule has 0 aliphatic heterocycles. The Morgan fingerprint density at radius 3 is 2.25 bits per heavy atom. The SMILES string of the molecule is CC(=O)NNNC(=O)c1cnc(-c2ccccc2)nc1. The number of carbonyl (C=O) groups excluding carboxylic acids is 2. The zero-order valence-corrected chi connectivity index (χ0v) is 10.8. The number of hydrogen-bond acceptors (Lipinski definition) is 5. The van der Waals surface area contributed by atoms with Gasteiger partial charge in [0.2, 0.25) is 5.91 Å². The molecule has 2 rings (SSSR count). The summed E-state index contributed by atoms with van der Waals surface area (Å²) in [7, 11) is 0. The van der Waals surface area contributed by atoms with Crippen LogP contribution in [0.5, 0.6) is 0 Å². The van der Waals surface area contributed by atoms with Gasteiger partial charge in [0.1, 0.15) is 0 Å². The quantitative estimate of drug-likeness (QED) is 0.701. The number of nitrogens with one attached hydrogen (secondary N) is 3. The van der Waals surface area contributed by atoms with Crippen molar-refractivity contribution < 1.29 is 9.59 Å². The third-order valence-corrected chi connectivity index (χ3v) is 2.36. The Morgan fingerprint density at radius 2 is 1.65 bits per heavy atom. The predicted octanol–water partition coefficient (Wildman–Crippen LogP) is 0.429. The fraction of sp³-hybridized carbons (Fsp3) is 0.0769. The summed E-state index contributed by atoms with van der Waals surface area (Å²) in [6.07, 6.45) is 2.83. The van der Waals surface area contributed by atoms with Crippen LogP contribution in [-0.2, 0) is 4.79 Å². The van der Waals surface area contributed by atoms with Crippen LogP contribution in [0, 0.1) is 0 Å². The Bertz CT molecular complexity index is 598. The Balaban J connectivity index is 2.01. The van der Waals surface area contributed by atoms with Crippen LogP contribution in [0.15, 0.2) is 42.7 Å². The van der Waals surface area contributed by atoms with Gasteiger partial charge in [0.15, 0.2) is 5.82 Å². The molecule has 0 spiro atoms. The minimum absolute atomic E-state index is 0.280. The van der Waals surface area contributed by atoms with Gasteiger partial charge in [-0.05, 0) is 0 Å². The van der Waals surface area contributed by atoms with E-state index in [0.29, 0.717) is 5.82 Å². The van der Waals surface area contributed by atoms with Crippen LogP contribution in [0.1, 0.15) is 17.3 Å². The molecule has 0 saturated carbocycles. The van der Waals surface area contributed by atoms with Crippen molar-refractivity contribution in [3.05, 3.63) is 48.3 Å². The van der Waals surface area contributed by atoms with Crippen LogP contribution in [0.2, 0.25) is 0 Å². The van der Waals surface area contributed by atoms with Gasteiger partial charge in [-0.3, -0.25) is 20.4 Å². The van der Waals surface area contributed by atoms with E-state index in [9.17, 15) is 9.59 Å². The van der Waals surface area contributed by atoms with Gasteiger partial charge >= 0.3 is 0 Å². The first-order chi connectivity index (χ1) is 9.66. The molecule has 0 unspecified atom stereocenters. The maximum Gasteiger partial charge on any atom is 0.269 e. The molecule has 3 N–H and O–H groups in total. The summed E-state index contributed by atoms with van der Waals surface area (Å²) in [5.41, 5.74) is 7.94. The minimum Gasteiger partial charge on any atom is -0.274 e. The van der Waals surface area contributed by atoms with Crippen LogP contribution < -0.4 is 16.4 Å². The fourth-order valence-corrected chi connectivity index (χ4v) is 1.43. The fourth-order valence-electron chi connectivity index (χ4n) is 1.43. The predicted molar refractivity (Wildman–Crippen MR) is 71.9 cm³/mol. The highest BCUT2D eigenvalue weighted by atomic mass is 16.2. The average Bonchev–Trinajstić information content (AvgIpc) is 2.48. The average molecular weight is 271 g/mol. The smallest absolute Gasteiger partial charge is 0.269 e. The van der Waals surface area contributed by atoms with E-state index in [1.165, 1.54) is 19.3 Å². The van der Waals surface area contributed by atoms with Gasteiger partial charge in [-0.15, -0.1) is 5.53 Å². The molecule has 2 amide bonds. The van der Waals surface area contributed by atoms with E-state index in [1.807, 2.05) is 30.3 Å². The van der Waals surface area contributed by atoms with Crippen molar-refractivity contribution in [2.75, 3.05) is 0 Å². The number of benzene rings is 1. The molecule has 0 aliphatic carbocycles. The molecule has 7 heteroatoms. The Labute approximate surface area is 115 Å². The lowest BCUT2D eigenvalue weighted by Crippen LogP contribution is -2.48. The van der Waals surface area contributed by atoms with Gasteiger partial charge in [0.05, 0.1) is 5.56 Å². The van der Waals surface area contributed by atoms with Gasteiger partial charge in [-0.1, -0.05) is 30.3 Å². The van der Waals surface area contributed by atoms with Gasteiger partial charge in [0.25, 0.3) is 5.91 Å². The molecule has 0 saturated heterocycles. The van der Waals surface area contributed by atoms with Crippen LogP contribution >= 0.6 is 0 Å². The highest BCUT2D eigenvalue weighted by Gasteiger charge is 2.07. The van der Waals surface area contributed by atoms with Crippen LogP contribution in [0.3, 0.4) is 0 Å². The number of rotatable bonds is 4. The first-order valence-corrected chi connectivity index (χ1v) is 5.86. The van der Waals surface area contributed by atoms with E-state index in [2.05, 4.69) is 26.4 Å². The molecule has 0 aliphatic rings. The second-order valence-electron chi connectivity index (χ2n) is 3.92. The van der Waals surface area contributed by atoms with Crippen molar-refractivity contribution in [1.82, 2.24) is 26.4 Å². The number of aromatic nitrogens is 2. The Kier molecular flexibility index (Phi) is 4.35. The topological polar surface area (TPSA) is 96.0 Å². The standard InChI is InChI=1S/C13H13N5O2/c1-9(19)16-18-17-13(20)11-7-14-12(15-8-11)10-5-3-2-4-6-10/h2-8,18H,1H3,(H,16,19)(H,17,20). The lowest BCUT2D eigenvalue weighted by Gasteiger charge is -2.06. The van der Waals surface area contributed by atoms with Crippen LogP contribution in [0.4, 0.5) is 0 Å². The second-order valence-corrected chi connectivity index (χ2v) is 3.92. The van der Waals surface area contributed by atoms with E-state index in [4.69, 9.17) is 0 Å². The molecule has 1 aromatic heterocycles. The number of carbonyl (C=O) groups is 2. The number of hydrazine groups is 2. The van der Waals surface area contributed by atoms with Gasteiger partial charge in [0, 0.05) is 24.9 Å². The largest absolute Gasteiger partial charge is 0.274 e. The third kappa shape index (κ3) is 3.59. The molecule has 0 atom stereocenters. The van der Waals surface area contributed by atoms with Gasteiger partial charge in [-0.25, -0.2) is 9.97 Å².